The molecule has 2 rings (SSSR count). The van der Waals surface area contributed by atoms with E-state index >= 15 is 0 Å². The third-order valence-electron chi connectivity index (χ3n) is 3.82. The molecule has 1 saturated carbocycles. The van der Waals surface area contributed by atoms with Crippen LogP contribution in [-0.2, 0) is 10.0 Å². The molecule has 1 aromatic rings. The van der Waals surface area contributed by atoms with Crippen LogP contribution in [0, 0.1) is 5.92 Å². The van der Waals surface area contributed by atoms with Crippen LogP contribution in [0.5, 0.6) is 5.75 Å². The van der Waals surface area contributed by atoms with E-state index < -0.39 is 10.0 Å². The molecular weight excluding hydrogens is 298 g/mol. The Morgan fingerprint density at radius 3 is 2.80 bits per heavy atom. The molecule has 0 radical (unpaired) electrons. The van der Waals surface area contributed by atoms with Crippen molar-refractivity contribution >= 4 is 21.6 Å². The summed E-state index contributed by atoms with van der Waals surface area (Å²) in [5, 5.41) is 5.55. The fourth-order valence-corrected chi connectivity index (χ4v) is 3.63. The van der Waals surface area contributed by atoms with Crippen LogP contribution in [0.1, 0.15) is 39.0 Å². The van der Waals surface area contributed by atoms with Gasteiger partial charge in [-0.2, -0.15) is 0 Å². The van der Waals surface area contributed by atoms with Crippen LogP contribution in [0.15, 0.2) is 23.1 Å². The molecule has 2 N–H and O–H groups in total. The van der Waals surface area contributed by atoms with Gasteiger partial charge in [0.2, 0.25) is 10.0 Å². The molecule has 2 atom stereocenters. The van der Waals surface area contributed by atoms with Gasteiger partial charge in [-0.3, -0.25) is 0 Å². The summed E-state index contributed by atoms with van der Waals surface area (Å²) >= 11 is 5.84. The van der Waals surface area contributed by atoms with Gasteiger partial charge in [0, 0.05) is 5.02 Å². The van der Waals surface area contributed by atoms with E-state index in [0.717, 1.165) is 25.7 Å². The molecule has 0 spiro atoms. The van der Waals surface area contributed by atoms with Crippen molar-refractivity contribution in [1.29, 1.82) is 0 Å². The van der Waals surface area contributed by atoms with E-state index in [2.05, 4.69) is 6.92 Å². The largest absolute Gasteiger partial charge is 0.489 e. The van der Waals surface area contributed by atoms with Crippen molar-refractivity contribution in [2.24, 2.45) is 11.1 Å². The zero-order valence-corrected chi connectivity index (χ0v) is 13.1. The standard InChI is InChI=1S/C14H20ClNO3S/c1-2-10-4-3-5-12(8-10)19-13-7-6-11(15)9-14(13)20(16,17)18/h6-7,9-10,12H,2-5,8H2,1H3,(H2,16,17,18). The molecule has 20 heavy (non-hydrogen) atoms. The number of ether oxygens (including phenoxy) is 1. The minimum Gasteiger partial charge on any atom is -0.489 e. The third kappa shape index (κ3) is 3.87. The Bertz CT molecular complexity index is 574. The first-order valence-electron chi connectivity index (χ1n) is 6.89. The number of hydrogen-bond acceptors (Lipinski definition) is 3. The molecule has 4 nitrogen and oxygen atoms in total. The minimum absolute atomic E-state index is 0.0383. The molecule has 1 aliphatic carbocycles. The van der Waals surface area contributed by atoms with Gasteiger partial charge in [-0.25, -0.2) is 13.6 Å². The highest BCUT2D eigenvalue weighted by Crippen LogP contribution is 2.33. The van der Waals surface area contributed by atoms with Gasteiger partial charge in [-0.1, -0.05) is 31.4 Å². The van der Waals surface area contributed by atoms with Crippen molar-refractivity contribution in [3.8, 4) is 5.75 Å². The molecule has 2 unspecified atom stereocenters. The van der Waals surface area contributed by atoms with Crippen molar-refractivity contribution in [1.82, 2.24) is 0 Å². The highest BCUT2D eigenvalue weighted by molar-refractivity contribution is 7.89. The topological polar surface area (TPSA) is 69.4 Å². The van der Waals surface area contributed by atoms with Gasteiger partial charge in [0.15, 0.2) is 0 Å². The van der Waals surface area contributed by atoms with Crippen molar-refractivity contribution in [2.75, 3.05) is 0 Å². The quantitative estimate of drug-likeness (QED) is 0.926. The summed E-state index contributed by atoms with van der Waals surface area (Å²) in [6.45, 7) is 2.17. The highest BCUT2D eigenvalue weighted by Gasteiger charge is 2.24. The highest BCUT2D eigenvalue weighted by atomic mass is 35.5. The Morgan fingerprint density at radius 1 is 1.40 bits per heavy atom. The van der Waals surface area contributed by atoms with E-state index in [0.29, 0.717) is 16.7 Å². The van der Waals surface area contributed by atoms with Gasteiger partial charge >= 0.3 is 0 Å². The summed E-state index contributed by atoms with van der Waals surface area (Å²) < 4.78 is 29.1. The zero-order valence-electron chi connectivity index (χ0n) is 11.5. The average Bonchev–Trinajstić information content (AvgIpc) is 2.40. The molecule has 1 aromatic carbocycles. The van der Waals surface area contributed by atoms with Gasteiger partial charge in [0.25, 0.3) is 0 Å². The summed E-state index contributed by atoms with van der Waals surface area (Å²) in [6, 6.07) is 4.54. The first-order valence-corrected chi connectivity index (χ1v) is 8.81. The summed E-state index contributed by atoms with van der Waals surface area (Å²) in [4.78, 5) is -0.0383. The molecule has 0 bridgehead atoms. The van der Waals surface area contributed by atoms with Crippen LogP contribution < -0.4 is 9.88 Å². The lowest BCUT2D eigenvalue weighted by Crippen LogP contribution is -2.26. The monoisotopic (exact) mass is 317 g/mol. The van der Waals surface area contributed by atoms with Crippen LogP contribution in [-0.4, -0.2) is 14.5 Å². The molecule has 0 aromatic heterocycles. The van der Waals surface area contributed by atoms with Crippen LogP contribution >= 0.6 is 11.6 Å². The lowest BCUT2D eigenvalue weighted by molar-refractivity contribution is 0.119. The maximum absolute atomic E-state index is 11.6. The minimum atomic E-state index is -3.84. The number of hydrogen-bond donors (Lipinski definition) is 1. The Kier molecular flexibility index (Phi) is 4.94. The van der Waals surface area contributed by atoms with Crippen molar-refractivity contribution in [3.63, 3.8) is 0 Å². The number of rotatable bonds is 4. The second-order valence-electron chi connectivity index (χ2n) is 5.32. The van der Waals surface area contributed by atoms with E-state index in [4.69, 9.17) is 21.5 Å². The summed E-state index contributed by atoms with van der Waals surface area (Å²) in [5.41, 5.74) is 0. The van der Waals surface area contributed by atoms with Crippen molar-refractivity contribution in [3.05, 3.63) is 23.2 Å². The Morgan fingerprint density at radius 2 is 2.15 bits per heavy atom. The summed E-state index contributed by atoms with van der Waals surface area (Å²) in [5.74, 6) is 0.956. The van der Waals surface area contributed by atoms with E-state index in [9.17, 15) is 8.42 Å². The number of nitrogens with two attached hydrogens (primary N) is 1. The first-order chi connectivity index (χ1) is 9.40. The molecule has 0 aliphatic heterocycles. The first kappa shape index (κ1) is 15.6. The smallest absolute Gasteiger partial charge is 0.241 e. The van der Waals surface area contributed by atoms with Crippen LogP contribution in [0.3, 0.4) is 0 Å². The second kappa shape index (κ2) is 6.33. The fourth-order valence-electron chi connectivity index (χ4n) is 2.70. The van der Waals surface area contributed by atoms with E-state index in [1.54, 1.807) is 12.1 Å². The van der Waals surface area contributed by atoms with Crippen LogP contribution in [0.2, 0.25) is 5.02 Å². The molecular formula is C14H20ClNO3S. The second-order valence-corrected chi connectivity index (χ2v) is 7.28. The summed E-state index contributed by atoms with van der Waals surface area (Å²) in [6.07, 6.45) is 5.42. The van der Waals surface area contributed by atoms with E-state index in [1.807, 2.05) is 0 Å². The molecule has 1 fully saturated rings. The van der Waals surface area contributed by atoms with Gasteiger partial charge < -0.3 is 4.74 Å². The Hall–Kier alpha value is -0.780. The fraction of sp³-hybridized carbons (Fsp3) is 0.571. The number of benzene rings is 1. The average molecular weight is 318 g/mol. The lowest BCUT2D eigenvalue weighted by Gasteiger charge is -2.29. The third-order valence-corrected chi connectivity index (χ3v) is 4.99. The maximum Gasteiger partial charge on any atom is 0.241 e. The SMILES string of the molecule is CCC1CCCC(Oc2ccc(Cl)cc2S(N)(=O)=O)C1. The molecule has 1 aliphatic rings. The van der Waals surface area contributed by atoms with Gasteiger partial charge in [0.1, 0.15) is 10.6 Å². The predicted octanol–water partition coefficient (Wildman–Crippen LogP) is 3.34. The molecule has 0 saturated heterocycles. The van der Waals surface area contributed by atoms with E-state index in [-0.39, 0.29) is 11.0 Å². The zero-order chi connectivity index (χ0) is 14.8. The summed E-state index contributed by atoms with van der Waals surface area (Å²) in [7, 11) is -3.84. The Balaban J connectivity index is 2.21. The predicted molar refractivity (Wildman–Crippen MR) is 79.5 cm³/mol. The van der Waals surface area contributed by atoms with Crippen LogP contribution in [0.25, 0.3) is 0 Å². The van der Waals surface area contributed by atoms with Gasteiger partial charge in [-0.05, 0) is 43.4 Å². The molecule has 0 heterocycles. The number of halogens is 1. The number of primary sulfonamides is 1. The molecule has 112 valence electrons. The molecule has 0 amide bonds. The lowest BCUT2D eigenvalue weighted by atomic mass is 9.85. The van der Waals surface area contributed by atoms with Gasteiger partial charge in [-0.15, -0.1) is 0 Å². The van der Waals surface area contributed by atoms with E-state index in [1.165, 1.54) is 12.5 Å². The van der Waals surface area contributed by atoms with Crippen molar-refractivity contribution < 1.29 is 13.2 Å². The van der Waals surface area contributed by atoms with Crippen molar-refractivity contribution in [2.45, 2.75) is 50.0 Å². The normalized spacial score (nSPS) is 23.6. The number of sulfonamides is 1. The van der Waals surface area contributed by atoms with Gasteiger partial charge in [0.05, 0.1) is 6.10 Å². The maximum atomic E-state index is 11.6. The van der Waals surface area contributed by atoms with Crippen LogP contribution in [0.4, 0.5) is 0 Å². The Labute approximate surface area is 125 Å². The molecule has 6 heteroatoms.